The van der Waals surface area contributed by atoms with Crippen LogP contribution in [0.15, 0.2) is 139 Å². The highest BCUT2D eigenvalue weighted by atomic mass is 32.1. The van der Waals surface area contributed by atoms with Gasteiger partial charge in [0, 0.05) is 47.7 Å². The summed E-state index contributed by atoms with van der Waals surface area (Å²) < 4.78 is 0. The summed E-state index contributed by atoms with van der Waals surface area (Å²) in [5, 5.41) is 18.3. The van der Waals surface area contributed by atoms with Crippen LogP contribution < -0.4 is 4.90 Å². The zero-order valence-corrected chi connectivity index (χ0v) is 29.9. The molecule has 5 nitrogen and oxygen atoms in total. The van der Waals surface area contributed by atoms with Crippen molar-refractivity contribution in [3.05, 3.63) is 166 Å². The van der Waals surface area contributed by atoms with Crippen LogP contribution in [0.25, 0.3) is 48.5 Å². The number of hydrogen-bond donors (Lipinski definition) is 1. The van der Waals surface area contributed by atoms with Crippen molar-refractivity contribution in [2.75, 3.05) is 4.90 Å². The summed E-state index contributed by atoms with van der Waals surface area (Å²) in [5.41, 5.74) is 11.6. The molecule has 0 saturated carbocycles. The van der Waals surface area contributed by atoms with Crippen molar-refractivity contribution in [1.29, 1.82) is 5.26 Å². The molecule has 7 aromatic rings. The van der Waals surface area contributed by atoms with E-state index < -0.39 is 5.97 Å². The maximum absolute atomic E-state index is 13.8. The predicted molar refractivity (Wildman–Crippen MR) is 213 cm³/mol. The Morgan fingerprint density at radius 1 is 0.596 bits per heavy atom. The zero-order chi connectivity index (χ0) is 35.9. The van der Waals surface area contributed by atoms with Crippen molar-refractivity contribution < 1.29 is 14.7 Å². The number of rotatable bonds is 8. The van der Waals surface area contributed by atoms with Gasteiger partial charge in [0.05, 0.1) is 0 Å². The SMILES string of the molecule is Cc1ccc(N(c2ccc(C)cc2)c2ccc(-c3ccc(-c4ccc5c(c4)C(=O)c4cc(-c6ccc(/C=C(/C#N)C(=O)O)s6)ccc4-5)s3)cc2)cc1. The number of aliphatic carboxylic acids is 1. The number of aryl methyl sites for hydroxylation is 2. The van der Waals surface area contributed by atoms with Gasteiger partial charge in [0.15, 0.2) is 5.78 Å². The van der Waals surface area contributed by atoms with E-state index in [-0.39, 0.29) is 11.4 Å². The first-order valence-corrected chi connectivity index (χ1v) is 18.3. The van der Waals surface area contributed by atoms with Gasteiger partial charge in [-0.05, 0) is 121 Å². The molecule has 0 atom stereocenters. The van der Waals surface area contributed by atoms with Gasteiger partial charge >= 0.3 is 5.97 Å². The molecule has 0 saturated heterocycles. The number of carboxylic acids is 1. The summed E-state index contributed by atoms with van der Waals surface area (Å²) >= 11 is 3.08. The second-order valence-electron chi connectivity index (χ2n) is 12.7. The summed E-state index contributed by atoms with van der Waals surface area (Å²) in [6.07, 6.45) is 1.37. The Kier molecular flexibility index (Phi) is 8.48. The molecule has 2 heterocycles. The Balaban J connectivity index is 1.04. The minimum atomic E-state index is -1.26. The number of fused-ring (bicyclic) bond motifs is 3. The van der Waals surface area contributed by atoms with Gasteiger partial charge in [0.2, 0.25) is 0 Å². The van der Waals surface area contributed by atoms with Gasteiger partial charge in [-0.1, -0.05) is 71.8 Å². The Hall–Kier alpha value is -6.33. The normalized spacial score (nSPS) is 11.9. The second-order valence-corrected chi connectivity index (χ2v) is 14.9. The molecule has 0 bridgehead atoms. The third kappa shape index (κ3) is 6.15. The van der Waals surface area contributed by atoms with Crippen LogP contribution in [0, 0.1) is 25.2 Å². The number of carbonyl (C=O) groups is 2. The quantitative estimate of drug-likeness (QED) is 0.125. The fourth-order valence-electron chi connectivity index (χ4n) is 6.51. The monoisotopic (exact) mass is 710 g/mol. The highest BCUT2D eigenvalue weighted by molar-refractivity contribution is 7.18. The first kappa shape index (κ1) is 32.9. The summed E-state index contributed by atoms with van der Waals surface area (Å²) in [4.78, 5) is 31.1. The maximum atomic E-state index is 13.8. The van der Waals surface area contributed by atoms with E-state index in [0.717, 1.165) is 59.5 Å². The molecule has 8 rings (SSSR count). The molecular formula is C45H30N2O3S2. The molecule has 0 unspecified atom stereocenters. The number of hydrogen-bond acceptors (Lipinski definition) is 6. The number of benzene rings is 5. The average Bonchev–Trinajstić information content (AvgIpc) is 3.91. The van der Waals surface area contributed by atoms with Crippen LogP contribution in [-0.4, -0.2) is 16.9 Å². The van der Waals surface area contributed by atoms with Gasteiger partial charge in [-0.15, -0.1) is 22.7 Å². The van der Waals surface area contributed by atoms with E-state index in [0.29, 0.717) is 16.0 Å². The van der Waals surface area contributed by atoms with Crippen LogP contribution in [0.5, 0.6) is 0 Å². The summed E-state index contributed by atoms with van der Waals surface area (Å²) in [6.45, 7) is 4.20. The largest absolute Gasteiger partial charge is 0.477 e. The molecule has 0 fully saturated rings. The summed E-state index contributed by atoms with van der Waals surface area (Å²) in [7, 11) is 0. The molecule has 5 aromatic carbocycles. The lowest BCUT2D eigenvalue weighted by Crippen LogP contribution is -2.09. The Morgan fingerprint density at radius 2 is 1.04 bits per heavy atom. The smallest absolute Gasteiger partial charge is 0.346 e. The summed E-state index contributed by atoms with van der Waals surface area (Å²) in [6, 6.07) is 47.5. The van der Waals surface area contributed by atoms with Crippen LogP contribution in [0.3, 0.4) is 0 Å². The molecule has 2 aromatic heterocycles. The minimum Gasteiger partial charge on any atom is -0.477 e. The van der Waals surface area contributed by atoms with Crippen molar-refractivity contribution in [2.45, 2.75) is 13.8 Å². The maximum Gasteiger partial charge on any atom is 0.346 e. The Bertz CT molecular complexity index is 2540. The van der Waals surface area contributed by atoms with E-state index >= 15 is 0 Å². The average molecular weight is 711 g/mol. The first-order chi connectivity index (χ1) is 25.2. The van der Waals surface area contributed by atoms with Crippen molar-refractivity contribution in [3.8, 4) is 48.5 Å². The zero-order valence-electron chi connectivity index (χ0n) is 28.3. The molecule has 1 aliphatic rings. The third-order valence-electron chi connectivity index (χ3n) is 9.25. The van der Waals surface area contributed by atoms with Crippen molar-refractivity contribution in [2.24, 2.45) is 0 Å². The molecule has 0 spiro atoms. The Labute approximate surface area is 309 Å². The van der Waals surface area contributed by atoms with Crippen LogP contribution in [-0.2, 0) is 4.79 Å². The molecule has 0 radical (unpaired) electrons. The number of anilines is 3. The van der Waals surface area contributed by atoms with E-state index in [2.05, 4.69) is 110 Å². The fourth-order valence-corrected chi connectivity index (χ4v) is 8.47. The standard InChI is InChI=1S/C45H30N2O3S2/c1-27-3-11-33(12-4-27)47(34-13-5-28(2)6-14-34)35-15-7-29(8-16-35)41-21-22-43(52-41)31-10-19-38-37-18-9-30(24-39(37)44(48)40(38)25-31)42-20-17-36(51-42)23-32(26-46)45(49)50/h3-25H,1-2H3,(H,49,50)/b32-23-. The molecule has 1 aliphatic carbocycles. The molecule has 1 N–H and O–H groups in total. The number of nitrogens with zero attached hydrogens (tertiary/aromatic N) is 2. The topological polar surface area (TPSA) is 81.4 Å². The fraction of sp³-hybridized carbons (Fsp3) is 0.0444. The highest BCUT2D eigenvalue weighted by Crippen LogP contribution is 2.43. The van der Waals surface area contributed by atoms with Gasteiger partial charge < -0.3 is 10.0 Å². The van der Waals surface area contributed by atoms with Crippen molar-refractivity contribution >= 4 is 57.6 Å². The number of carbonyl (C=O) groups excluding carboxylic acids is 1. The minimum absolute atomic E-state index is 0.0119. The van der Waals surface area contributed by atoms with Crippen LogP contribution in [0.2, 0.25) is 0 Å². The first-order valence-electron chi connectivity index (χ1n) is 16.7. The molecule has 0 amide bonds. The van der Waals surface area contributed by atoms with Crippen molar-refractivity contribution in [3.63, 3.8) is 0 Å². The lowest BCUT2D eigenvalue weighted by Gasteiger charge is -2.26. The Morgan fingerprint density at radius 3 is 1.54 bits per heavy atom. The van der Waals surface area contributed by atoms with Crippen molar-refractivity contribution in [1.82, 2.24) is 0 Å². The molecule has 7 heteroatoms. The van der Waals surface area contributed by atoms with E-state index in [1.807, 2.05) is 36.4 Å². The number of carboxylic acid groups (broad SMARTS) is 1. The van der Waals surface area contributed by atoms with Gasteiger partial charge in [-0.2, -0.15) is 5.26 Å². The van der Waals surface area contributed by atoms with E-state index in [9.17, 15) is 14.7 Å². The number of ketones is 1. The van der Waals surface area contributed by atoms with Gasteiger partial charge in [-0.3, -0.25) is 4.79 Å². The molecule has 52 heavy (non-hydrogen) atoms. The number of thiophene rings is 2. The van der Waals surface area contributed by atoms with Crippen LogP contribution in [0.4, 0.5) is 17.1 Å². The predicted octanol–water partition coefficient (Wildman–Crippen LogP) is 12.1. The van der Waals surface area contributed by atoms with Gasteiger partial charge in [0.1, 0.15) is 11.6 Å². The van der Waals surface area contributed by atoms with E-state index in [4.69, 9.17) is 5.26 Å². The third-order valence-corrected chi connectivity index (χ3v) is 11.5. The lowest BCUT2D eigenvalue weighted by atomic mass is 10.0. The molecule has 250 valence electrons. The molecular weight excluding hydrogens is 681 g/mol. The van der Waals surface area contributed by atoms with Gasteiger partial charge in [0.25, 0.3) is 0 Å². The highest BCUT2D eigenvalue weighted by Gasteiger charge is 2.28. The van der Waals surface area contributed by atoms with Gasteiger partial charge in [-0.25, -0.2) is 4.79 Å². The van der Waals surface area contributed by atoms with E-state index in [1.165, 1.54) is 28.5 Å². The van der Waals surface area contributed by atoms with Crippen LogP contribution >= 0.6 is 22.7 Å². The van der Waals surface area contributed by atoms with Crippen LogP contribution in [0.1, 0.15) is 31.9 Å². The lowest BCUT2D eigenvalue weighted by molar-refractivity contribution is -0.132. The molecule has 0 aliphatic heterocycles. The van der Waals surface area contributed by atoms with E-state index in [1.54, 1.807) is 23.5 Å². The second kappa shape index (κ2) is 13.4. The summed E-state index contributed by atoms with van der Waals surface area (Å²) in [5.74, 6) is -1.27. The number of nitriles is 1.